The van der Waals surface area contributed by atoms with Crippen LogP contribution >= 0.6 is 15.9 Å². The molecule has 0 heterocycles. The molecule has 0 amide bonds. The number of halogens is 1. The van der Waals surface area contributed by atoms with Crippen molar-refractivity contribution in [1.29, 1.82) is 0 Å². The third-order valence-electron chi connectivity index (χ3n) is 2.86. The zero-order valence-electron chi connectivity index (χ0n) is 10.1. The third kappa shape index (κ3) is 5.32. The van der Waals surface area contributed by atoms with E-state index in [0.717, 1.165) is 23.9 Å². The van der Waals surface area contributed by atoms with Crippen LogP contribution in [0.25, 0.3) is 0 Å². The lowest BCUT2D eigenvalue weighted by molar-refractivity contribution is 0.283. The molecule has 0 aromatic carbocycles. The van der Waals surface area contributed by atoms with Gasteiger partial charge in [-0.25, -0.2) is 0 Å². The van der Waals surface area contributed by atoms with E-state index in [1.807, 2.05) is 0 Å². The van der Waals surface area contributed by atoms with Crippen molar-refractivity contribution in [3.63, 3.8) is 0 Å². The Kier molecular flexibility index (Phi) is 5.63. The minimum atomic E-state index is -1.52. The van der Waals surface area contributed by atoms with E-state index >= 15 is 0 Å². The highest BCUT2D eigenvalue weighted by Gasteiger charge is 2.36. The molecular formula is C11H23BrOSi. The molecule has 0 aromatic heterocycles. The lowest BCUT2D eigenvalue weighted by Crippen LogP contribution is -2.40. The normalized spacial score (nSPS) is 13.0. The fraction of sp³-hybridized carbons (Fsp3) is 0.818. The molecule has 0 aromatic rings. The fourth-order valence-electron chi connectivity index (χ4n) is 0.808. The van der Waals surface area contributed by atoms with Crippen LogP contribution in [-0.4, -0.2) is 14.9 Å². The lowest BCUT2D eigenvalue weighted by Gasteiger charge is -2.36. The Hall–Kier alpha value is 0.397. The predicted molar refractivity (Wildman–Crippen MR) is 70.5 cm³/mol. The second kappa shape index (κ2) is 5.47. The average Bonchev–Trinajstić information content (AvgIpc) is 1.95. The molecule has 0 saturated carbocycles. The first-order chi connectivity index (χ1) is 6.17. The molecule has 0 unspecified atom stereocenters. The van der Waals surface area contributed by atoms with Crippen molar-refractivity contribution in [2.45, 2.75) is 51.7 Å². The Balaban J connectivity index is 3.83. The van der Waals surface area contributed by atoms with E-state index < -0.39 is 8.32 Å². The van der Waals surface area contributed by atoms with Crippen molar-refractivity contribution in [1.82, 2.24) is 0 Å². The smallest absolute Gasteiger partial charge is 0.191 e. The van der Waals surface area contributed by atoms with Crippen molar-refractivity contribution in [2.75, 3.05) is 6.61 Å². The topological polar surface area (TPSA) is 9.23 Å². The first kappa shape index (κ1) is 14.4. The van der Waals surface area contributed by atoms with Crippen molar-refractivity contribution in [3.05, 3.63) is 11.1 Å². The van der Waals surface area contributed by atoms with Gasteiger partial charge in [-0.2, -0.15) is 0 Å². The lowest BCUT2D eigenvalue weighted by atomic mass is 10.2. The van der Waals surface area contributed by atoms with E-state index in [1.165, 1.54) is 0 Å². The van der Waals surface area contributed by atoms with Crippen LogP contribution in [0.4, 0.5) is 0 Å². The monoisotopic (exact) mass is 278 g/mol. The summed E-state index contributed by atoms with van der Waals surface area (Å²) in [6.07, 6.45) is 2.07. The molecule has 0 atom stereocenters. The largest absolute Gasteiger partial charge is 0.417 e. The number of hydrogen-bond acceptors (Lipinski definition) is 1. The van der Waals surface area contributed by atoms with Gasteiger partial charge in [-0.15, -0.1) is 0 Å². The van der Waals surface area contributed by atoms with Crippen LogP contribution in [0.5, 0.6) is 0 Å². The molecule has 0 rings (SSSR count). The number of rotatable bonds is 5. The summed E-state index contributed by atoms with van der Waals surface area (Å²) < 4.78 is 7.09. The Morgan fingerprint density at radius 2 is 1.86 bits per heavy atom. The molecule has 1 nitrogen and oxygen atoms in total. The van der Waals surface area contributed by atoms with E-state index in [2.05, 4.69) is 56.4 Å². The maximum absolute atomic E-state index is 6.02. The molecule has 0 saturated heterocycles. The highest BCUT2D eigenvalue weighted by atomic mass is 79.9. The van der Waals surface area contributed by atoms with Gasteiger partial charge >= 0.3 is 0 Å². The molecule has 0 spiro atoms. The maximum Gasteiger partial charge on any atom is 0.191 e. The summed E-state index contributed by atoms with van der Waals surface area (Å²) in [6.45, 7) is 16.0. The van der Waals surface area contributed by atoms with E-state index in [9.17, 15) is 0 Å². The van der Waals surface area contributed by atoms with Gasteiger partial charge in [-0.3, -0.25) is 0 Å². The second-order valence-corrected chi connectivity index (χ2v) is 11.2. The van der Waals surface area contributed by atoms with Gasteiger partial charge in [0.15, 0.2) is 8.32 Å². The van der Waals surface area contributed by atoms with Crippen molar-refractivity contribution in [3.8, 4) is 0 Å². The van der Waals surface area contributed by atoms with Crippen LogP contribution in [0.3, 0.4) is 0 Å². The van der Waals surface area contributed by atoms with Gasteiger partial charge in [-0.05, 0) is 35.5 Å². The molecule has 84 valence electrons. The molecule has 0 aliphatic carbocycles. The van der Waals surface area contributed by atoms with Gasteiger partial charge in [0.25, 0.3) is 0 Å². The van der Waals surface area contributed by atoms with E-state index in [-0.39, 0.29) is 0 Å². The minimum Gasteiger partial charge on any atom is -0.417 e. The van der Waals surface area contributed by atoms with Gasteiger partial charge in [0.1, 0.15) is 0 Å². The molecule has 0 N–H and O–H groups in total. The zero-order valence-corrected chi connectivity index (χ0v) is 12.7. The van der Waals surface area contributed by atoms with Crippen LogP contribution in [0.1, 0.15) is 33.6 Å². The van der Waals surface area contributed by atoms with Crippen LogP contribution in [0.15, 0.2) is 11.1 Å². The Morgan fingerprint density at radius 3 is 2.21 bits per heavy atom. The molecule has 0 fully saturated rings. The quantitative estimate of drug-likeness (QED) is 0.523. The molecule has 14 heavy (non-hydrogen) atoms. The van der Waals surface area contributed by atoms with Crippen LogP contribution in [0, 0.1) is 0 Å². The summed E-state index contributed by atoms with van der Waals surface area (Å²) in [5, 5.41) is 0.318. The van der Waals surface area contributed by atoms with Gasteiger partial charge in [0.2, 0.25) is 0 Å². The summed E-state index contributed by atoms with van der Waals surface area (Å²) in [7, 11) is -1.52. The summed E-state index contributed by atoms with van der Waals surface area (Å²) in [5.74, 6) is 0. The van der Waals surface area contributed by atoms with Crippen molar-refractivity contribution in [2.24, 2.45) is 0 Å². The van der Waals surface area contributed by atoms with Gasteiger partial charge in [-0.1, -0.05) is 43.3 Å². The number of hydrogen-bond donors (Lipinski definition) is 0. The van der Waals surface area contributed by atoms with Gasteiger partial charge in [0, 0.05) is 6.61 Å². The number of allylic oxidation sites excluding steroid dienone is 1. The molecule has 0 radical (unpaired) electrons. The van der Waals surface area contributed by atoms with E-state index in [4.69, 9.17) is 4.43 Å². The SMILES string of the molecule is C=C(Br)CCCO[Si](C)(C)C(C)(C)C. The first-order valence-electron chi connectivity index (χ1n) is 5.14. The Morgan fingerprint density at radius 1 is 1.36 bits per heavy atom. The standard InChI is InChI=1S/C11H23BrOSi/c1-10(12)8-7-9-13-14(5,6)11(2,3)4/h1,7-9H2,2-6H3. The van der Waals surface area contributed by atoms with Gasteiger partial charge < -0.3 is 4.43 Å². The maximum atomic E-state index is 6.02. The third-order valence-corrected chi connectivity index (χ3v) is 7.80. The second-order valence-electron chi connectivity index (χ2n) is 5.23. The molecule has 0 aliphatic heterocycles. The van der Waals surface area contributed by atoms with Crippen LogP contribution < -0.4 is 0 Å². The first-order valence-corrected chi connectivity index (χ1v) is 8.84. The van der Waals surface area contributed by atoms with Gasteiger partial charge in [0.05, 0.1) is 0 Å². The van der Waals surface area contributed by atoms with Crippen LogP contribution in [0.2, 0.25) is 18.1 Å². The molecular weight excluding hydrogens is 256 g/mol. The summed E-state index contributed by atoms with van der Waals surface area (Å²) in [6, 6.07) is 0. The highest BCUT2D eigenvalue weighted by Crippen LogP contribution is 2.36. The van der Waals surface area contributed by atoms with Crippen LogP contribution in [-0.2, 0) is 4.43 Å². The average molecular weight is 279 g/mol. The summed E-state index contributed by atoms with van der Waals surface area (Å²) >= 11 is 3.36. The summed E-state index contributed by atoms with van der Waals surface area (Å²) in [5.41, 5.74) is 0. The summed E-state index contributed by atoms with van der Waals surface area (Å²) in [4.78, 5) is 0. The molecule has 3 heteroatoms. The van der Waals surface area contributed by atoms with E-state index in [0.29, 0.717) is 5.04 Å². The molecule has 0 bridgehead atoms. The Bertz CT molecular complexity index is 194. The van der Waals surface area contributed by atoms with Crippen molar-refractivity contribution < 1.29 is 4.43 Å². The zero-order chi connectivity index (χ0) is 11.4. The minimum absolute atomic E-state index is 0.318. The molecule has 0 aliphatic rings. The van der Waals surface area contributed by atoms with Crippen molar-refractivity contribution >= 4 is 24.2 Å². The predicted octanol–water partition coefficient (Wildman–Crippen LogP) is 4.70. The highest BCUT2D eigenvalue weighted by molar-refractivity contribution is 9.11. The Labute approximate surface area is 98.2 Å². The fourth-order valence-corrected chi connectivity index (χ4v) is 2.18. The van der Waals surface area contributed by atoms with E-state index in [1.54, 1.807) is 0 Å².